The Morgan fingerprint density at radius 1 is 1.11 bits per heavy atom. The molecule has 3 N–H and O–H groups in total. The Hall–Kier alpha value is -2.96. The van der Waals surface area contributed by atoms with Crippen molar-refractivity contribution in [3.63, 3.8) is 0 Å². The summed E-state index contributed by atoms with van der Waals surface area (Å²) in [5.41, 5.74) is 1.70. The summed E-state index contributed by atoms with van der Waals surface area (Å²) in [7, 11) is 1.59. The SMILES string of the molecule is CCC(C)NC(=O)c1cccc(CNC(=NC)NCc2cc(F)ccc2F)c1. The number of guanidine groups is 1. The second kappa shape index (κ2) is 10.4. The minimum absolute atomic E-state index is 0.0978. The van der Waals surface area contributed by atoms with E-state index in [1.807, 2.05) is 32.0 Å². The quantitative estimate of drug-likeness (QED) is 0.503. The van der Waals surface area contributed by atoms with Crippen LogP contribution in [0, 0.1) is 11.6 Å². The number of amides is 1. The first-order chi connectivity index (χ1) is 13.4. The largest absolute Gasteiger partial charge is 0.352 e. The second-order valence-electron chi connectivity index (χ2n) is 6.50. The summed E-state index contributed by atoms with van der Waals surface area (Å²) in [4.78, 5) is 16.3. The van der Waals surface area contributed by atoms with Crippen molar-refractivity contribution >= 4 is 11.9 Å². The third-order valence-corrected chi connectivity index (χ3v) is 4.32. The number of rotatable bonds is 7. The van der Waals surface area contributed by atoms with Gasteiger partial charge in [0.2, 0.25) is 0 Å². The van der Waals surface area contributed by atoms with Crippen LogP contribution in [0.15, 0.2) is 47.5 Å². The predicted octanol–water partition coefficient (Wildman–Crippen LogP) is 3.36. The standard InChI is InChI=1S/C21H26F2N4O/c1-4-14(2)27-20(28)16-7-5-6-15(10-16)12-25-21(24-3)26-13-17-11-18(22)8-9-19(17)23/h5-11,14H,4,12-13H2,1-3H3,(H,27,28)(H2,24,25,26). The lowest BCUT2D eigenvalue weighted by atomic mass is 10.1. The Labute approximate surface area is 164 Å². The Bertz CT molecular complexity index is 839. The number of nitrogens with zero attached hydrogens (tertiary/aromatic N) is 1. The molecule has 2 aromatic carbocycles. The van der Waals surface area contributed by atoms with Crippen LogP contribution in [0.3, 0.4) is 0 Å². The van der Waals surface area contributed by atoms with E-state index in [2.05, 4.69) is 20.9 Å². The fraction of sp³-hybridized carbons (Fsp3) is 0.333. The van der Waals surface area contributed by atoms with E-state index in [1.165, 1.54) is 0 Å². The topological polar surface area (TPSA) is 65.5 Å². The number of aliphatic imine (C=N–C) groups is 1. The molecule has 1 atom stereocenters. The van der Waals surface area contributed by atoms with Crippen LogP contribution in [0.4, 0.5) is 8.78 Å². The van der Waals surface area contributed by atoms with Gasteiger partial charge in [-0.05, 0) is 49.2 Å². The summed E-state index contributed by atoms with van der Waals surface area (Å²) < 4.78 is 27.0. The Balaban J connectivity index is 1.93. The van der Waals surface area contributed by atoms with Crippen molar-refractivity contribution in [3.8, 4) is 0 Å². The molecule has 0 fully saturated rings. The fourth-order valence-corrected chi connectivity index (χ4v) is 2.50. The van der Waals surface area contributed by atoms with Crippen molar-refractivity contribution < 1.29 is 13.6 Å². The first kappa shape index (κ1) is 21.3. The zero-order valence-electron chi connectivity index (χ0n) is 16.4. The van der Waals surface area contributed by atoms with E-state index in [9.17, 15) is 13.6 Å². The van der Waals surface area contributed by atoms with Gasteiger partial charge in [-0.3, -0.25) is 9.79 Å². The molecule has 28 heavy (non-hydrogen) atoms. The lowest BCUT2D eigenvalue weighted by molar-refractivity contribution is 0.0939. The molecule has 2 rings (SSSR count). The highest BCUT2D eigenvalue weighted by Gasteiger charge is 2.09. The molecule has 0 radical (unpaired) electrons. The van der Waals surface area contributed by atoms with Crippen molar-refractivity contribution in [2.75, 3.05) is 7.05 Å². The van der Waals surface area contributed by atoms with E-state index in [1.54, 1.807) is 13.1 Å². The van der Waals surface area contributed by atoms with Gasteiger partial charge in [-0.2, -0.15) is 0 Å². The Kier molecular flexibility index (Phi) is 7.92. The summed E-state index contributed by atoms with van der Waals surface area (Å²) in [5.74, 6) is -0.642. The summed E-state index contributed by atoms with van der Waals surface area (Å²) >= 11 is 0. The number of nitrogens with one attached hydrogen (secondary N) is 3. The minimum Gasteiger partial charge on any atom is -0.352 e. The van der Waals surface area contributed by atoms with E-state index in [4.69, 9.17) is 0 Å². The van der Waals surface area contributed by atoms with Gasteiger partial charge in [-0.15, -0.1) is 0 Å². The van der Waals surface area contributed by atoms with Gasteiger partial charge in [0.15, 0.2) is 5.96 Å². The van der Waals surface area contributed by atoms with E-state index >= 15 is 0 Å². The van der Waals surface area contributed by atoms with Gasteiger partial charge in [0.25, 0.3) is 5.91 Å². The average molecular weight is 388 g/mol. The number of halogens is 2. The first-order valence-corrected chi connectivity index (χ1v) is 9.21. The average Bonchev–Trinajstić information content (AvgIpc) is 2.70. The van der Waals surface area contributed by atoms with Crippen LogP contribution in [0.1, 0.15) is 41.8 Å². The lowest BCUT2D eigenvalue weighted by Crippen LogP contribution is -2.36. The molecule has 0 saturated heterocycles. The monoisotopic (exact) mass is 388 g/mol. The van der Waals surface area contributed by atoms with E-state index in [-0.39, 0.29) is 24.1 Å². The molecule has 0 aliphatic heterocycles. The van der Waals surface area contributed by atoms with Crippen LogP contribution in [0.5, 0.6) is 0 Å². The number of benzene rings is 2. The number of hydrogen-bond donors (Lipinski definition) is 3. The Morgan fingerprint density at radius 3 is 2.57 bits per heavy atom. The highest BCUT2D eigenvalue weighted by atomic mass is 19.1. The predicted molar refractivity (Wildman–Crippen MR) is 107 cm³/mol. The molecule has 2 aromatic rings. The van der Waals surface area contributed by atoms with Gasteiger partial charge in [-0.25, -0.2) is 8.78 Å². The zero-order valence-corrected chi connectivity index (χ0v) is 16.4. The van der Waals surface area contributed by atoms with Gasteiger partial charge < -0.3 is 16.0 Å². The van der Waals surface area contributed by atoms with Crippen LogP contribution >= 0.6 is 0 Å². The molecule has 7 heteroatoms. The van der Waals surface area contributed by atoms with Crippen LogP contribution in [-0.2, 0) is 13.1 Å². The van der Waals surface area contributed by atoms with Crippen LogP contribution in [0.25, 0.3) is 0 Å². The molecule has 0 aliphatic carbocycles. The smallest absolute Gasteiger partial charge is 0.251 e. The van der Waals surface area contributed by atoms with Crippen LogP contribution < -0.4 is 16.0 Å². The third kappa shape index (κ3) is 6.33. The van der Waals surface area contributed by atoms with Crippen molar-refractivity contribution in [1.29, 1.82) is 0 Å². The second-order valence-corrected chi connectivity index (χ2v) is 6.50. The molecule has 0 saturated carbocycles. The summed E-state index contributed by atoms with van der Waals surface area (Å²) in [6.07, 6.45) is 0.862. The summed E-state index contributed by atoms with van der Waals surface area (Å²) in [6.45, 7) is 4.50. The minimum atomic E-state index is -0.492. The van der Waals surface area contributed by atoms with Crippen molar-refractivity contribution in [2.45, 2.75) is 39.4 Å². The number of hydrogen-bond acceptors (Lipinski definition) is 2. The summed E-state index contributed by atoms with van der Waals surface area (Å²) in [5, 5.41) is 8.98. The molecule has 150 valence electrons. The van der Waals surface area contributed by atoms with Crippen LogP contribution in [0.2, 0.25) is 0 Å². The molecular formula is C21H26F2N4O. The van der Waals surface area contributed by atoms with Gasteiger partial charge in [0, 0.05) is 37.3 Å². The van der Waals surface area contributed by atoms with Crippen molar-refractivity contribution in [1.82, 2.24) is 16.0 Å². The van der Waals surface area contributed by atoms with Gasteiger partial charge >= 0.3 is 0 Å². The maximum absolute atomic E-state index is 13.7. The van der Waals surface area contributed by atoms with Crippen LogP contribution in [-0.4, -0.2) is 25.0 Å². The van der Waals surface area contributed by atoms with E-state index < -0.39 is 11.6 Å². The molecule has 1 unspecified atom stereocenters. The lowest BCUT2D eigenvalue weighted by Gasteiger charge is -2.14. The van der Waals surface area contributed by atoms with Crippen molar-refractivity contribution in [2.24, 2.45) is 4.99 Å². The number of carbonyl (C=O) groups excluding carboxylic acids is 1. The highest BCUT2D eigenvalue weighted by molar-refractivity contribution is 5.94. The molecule has 0 heterocycles. The fourth-order valence-electron chi connectivity index (χ4n) is 2.50. The molecule has 1 amide bonds. The number of carbonyl (C=O) groups is 1. The molecule has 0 spiro atoms. The Morgan fingerprint density at radius 2 is 1.86 bits per heavy atom. The zero-order chi connectivity index (χ0) is 20.5. The molecule has 0 aromatic heterocycles. The molecule has 0 bridgehead atoms. The maximum Gasteiger partial charge on any atom is 0.251 e. The van der Waals surface area contributed by atoms with E-state index in [0.29, 0.717) is 18.1 Å². The summed E-state index contributed by atoms with van der Waals surface area (Å²) in [6, 6.07) is 10.7. The van der Waals surface area contributed by atoms with Gasteiger partial charge in [0.1, 0.15) is 11.6 Å². The normalized spacial score (nSPS) is 12.4. The van der Waals surface area contributed by atoms with Gasteiger partial charge in [0.05, 0.1) is 0 Å². The van der Waals surface area contributed by atoms with Gasteiger partial charge in [-0.1, -0.05) is 19.1 Å². The first-order valence-electron chi connectivity index (χ1n) is 9.21. The molecule has 5 nitrogen and oxygen atoms in total. The maximum atomic E-state index is 13.7. The van der Waals surface area contributed by atoms with Crippen molar-refractivity contribution in [3.05, 3.63) is 70.8 Å². The third-order valence-electron chi connectivity index (χ3n) is 4.32. The molecule has 0 aliphatic rings. The molecular weight excluding hydrogens is 362 g/mol. The van der Waals surface area contributed by atoms with E-state index in [0.717, 1.165) is 30.2 Å². The highest BCUT2D eigenvalue weighted by Crippen LogP contribution is 2.09.